The molecule has 2 atom stereocenters. The highest BCUT2D eigenvalue weighted by Gasteiger charge is 2.34. The quantitative estimate of drug-likeness (QED) is 0.923. The Morgan fingerprint density at radius 1 is 1.24 bits per heavy atom. The summed E-state index contributed by atoms with van der Waals surface area (Å²) < 4.78 is 7.63. The third kappa shape index (κ3) is 2.73. The SMILES string of the molecule is Cc1cc(N2C[C@H](OC(C)C)[C@@H](O)C2)n2nc(C)cc2n1. The van der Waals surface area contributed by atoms with Crippen molar-refractivity contribution in [2.75, 3.05) is 18.0 Å². The number of β-amino-alcohol motifs (C(OH)–C–C–N with tert-alkyl or cyclic N) is 1. The van der Waals surface area contributed by atoms with E-state index in [1.54, 1.807) is 0 Å². The molecule has 0 bridgehead atoms. The van der Waals surface area contributed by atoms with Gasteiger partial charge in [-0.2, -0.15) is 9.61 Å². The smallest absolute Gasteiger partial charge is 0.157 e. The maximum absolute atomic E-state index is 10.2. The summed E-state index contributed by atoms with van der Waals surface area (Å²) in [7, 11) is 0. The Balaban J connectivity index is 1.94. The number of aromatic nitrogens is 3. The Labute approximate surface area is 124 Å². The van der Waals surface area contributed by atoms with Gasteiger partial charge in [-0.15, -0.1) is 0 Å². The van der Waals surface area contributed by atoms with E-state index >= 15 is 0 Å². The van der Waals surface area contributed by atoms with Crippen LogP contribution in [0.2, 0.25) is 0 Å². The van der Waals surface area contributed by atoms with E-state index < -0.39 is 6.10 Å². The lowest BCUT2D eigenvalue weighted by atomic mass is 10.2. The standard InChI is InChI=1S/C15H22N4O2/c1-9(2)21-13-8-18(7-12(13)20)15-6-10(3)16-14-5-11(4)17-19(14)15/h5-6,9,12-13,20H,7-8H2,1-4H3/t12-,13-/m0/s1. The van der Waals surface area contributed by atoms with Crippen molar-refractivity contribution in [1.29, 1.82) is 0 Å². The Morgan fingerprint density at radius 3 is 2.71 bits per heavy atom. The Kier molecular flexibility index (Phi) is 3.59. The molecule has 1 aliphatic rings. The molecule has 3 rings (SSSR count). The van der Waals surface area contributed by atoms with Crippen molar-refractivity contribution < 1.29 is 9.84 Å². The van der Waals surface area contributed by atoms with Crippen molar-refractivity contribution in [1.82, 2.24) is 14.6 Å². The summed E-state index contributed by atoms with van der Waals surface area (Å²) in [6.07, 6.45) is -0.534. The first kappa shape index (κ1) is 14.3. The van der Waals surface area contributed by atoms with Crippen LogP contribution >= 0.6 is 0 Å². The van der Waals surface area contributed by atoms with Gasteiger partial charge in [-0.05, 0) is 27.7 Å². The highest BCUT2D eigenvalue weighted by Crippen LogP contribution is 2.24. The van der Waals surface area contributed by atoms with Crippen molar-refractivity contribution in [3.8, 4) is 0 Å². The molecule has 0 amide bonds. The minimum Gasteiger partial charge on any atom is -0.388 e. The van der Waals surface area contributed by atoms with Crippen molar-refractivity contribution in [3.63, 3.8) is 0 Å². The lowest BCUT2D eigenvalue weighted by molar-refractivity contribution is -0.0386. The second-order valence-electron chi connectivity index (χ2n) is 6.01. The molecule has 2 aromatic heterocycles. The second-order valence-corrected chi connectivity index (χ2v) is 6.01. The third-order valence-corrected chi connectivity index (χ3v) is 3.67. The average molecular weight is 290 g/mol. The average Bonchev–Trinajstić information content (AvgIpc) is 2.91. The molecule has 114 valence electrons. The van der Waals surface area contributed by atoms with Gasteiger partial charge in [-0.25, -0.2) is 4.98 Å². The van der Waals surface area contributed by atoms with Crippen LogP contribution in [-0.2, 0) is 4.74 Å². The van der Waals surface area contributed by atoms with E-state index in [2.05, 4.69) is 15.0 Å². The Morgan fingerprint density at radius 2 is 2.00 bits per heavy atom. The minimum atomic E-state index is -0.479. The molecule has 0 saturated carbocycles. The van der Waals surface area contributed by atoms with Gasteiger partial charge in [0.25, 0.3) is 0 Å². The molecule has 1 N–H and O–H groups in total. The molecule has 0 radical (unpaired) electrons. The fourth-order valence-electron chi connectivity index (χ4n) is 2.85. The van der Waals surface area contributed by atoms with Crippen LogP contribution in [0.1, 0.15) is 25.2 Å². The van der Waals surface area contributed by atoms with Crippen LogP contribution in [0.15, 0.2) is 12.1 Å². The molecule has 6 heteroatoms. The normalized spacial score (nSPS) is 22.7. The first-order chi connectivity index (χ1) is 9.94. The van der Waals surface area contributed by atoms with E-state index in [-0.39, 0.29) is 12.2 Å². The molecule has 2 aromatic rings. The summed E-state index contributed by atoms with van der Waals surface area (Å²) in [6, 6.07) is 3.97. The van der Waals surface area contributed by atoms with E-state index in [1.165, 1.54) is 0 Å². The third-order valence-electron chi connectivity index (χ3n) is 3.67. The highest BCUT2D eigenvalue weighted by molar-refractivity contribution is 5.52. The van der Waals surface area contributed by atoms with Gasteiger partial charge in [0.15, 0.2) is 5.65 Å². The zero-order valence-corrected chi connectivity index (χ0v) is 12.9. The molecule has 0 aromatic carbocycles. The van der Waals surface area contributed by atoms with Crippen molar-refractivity contribution >= 4 is 11.5 Å². The Hall–Kier alpha value is -1.66. The number of rotatable bonds is 3. The number of ether oxygens (including phenoxy) is 1. The molecule has 6 nitrogen and oxygen atoms in total. The number of hydrogen-bond acceptors (Lipinski definition) is 5. The number of nitrogens with zero attached hydrogens (tertiary/aromatic N) is 4. The molecular formula is C15H22N4O2. The van der Waals surface area contributed by atoms with E-state index in [0.717, 1.165) is 22.9 Å². The monoisotopic (exact) mass is 290 g/mol. The van der Waals surface area contributed by atoms with Crippen molar-refractivity contribution in [2.24, 2.45) is 0 Å². The maximum Gasteiger partial charge on any atom is 0.157 e. The van der Waals surface area contributed by atoms with Crippen LogP contribution in [-0.4, -0.2) is 51.1 Å². The van der Waals surface area contributed by atoms with Crippen LogP contribution in [0.25, 0.3) is 5.65 Å². The van der Waals surface area contributed by atoms with Gasteiger partial charge in [0.05, 0.1) is 17.9 Å². The summed E-state index contributed by atoms with van der Waals surface area (Å²) in [5.74, 6) is 0.958. The van der Waals surface area contributed by atoms with Crippen LogP contribution in [0.4, 0.5) is 5.82 Å². The van der Waals surface area contributed by atoms with Crippen molar-refractivity contribution in [2.45, 2.75) is 46.0 Å². The van der Waals surface area contributed by atoms with Gasteiger partial charge in [-0.1, -0.05) is 0 Å². The van der Waals surface area contributed by atoms with Crippen LogP contribution in [0.3, 0.4) is 0 Å². The number of aliphatic hydroxyl groups is 1. The molecule has 0 aliphatic carbocycles. The molecule has 0 spiro atoms. The Bertz CT molecular complexity index is 652. The number of hydrogen-bond donors (Lipinski definition) is 1. The minimum absolute atomic E-state index is 0.107. The largest absolute Gasteiger partial charge is 0.388 e. The van der Waals surface area contributed by atoms with E-state index in [0.29, 0.717) is 13.1 Å². The fourth-order valence-corrected chi connectivity index (χ4v) is 2.85. The zero-order valence-electron chi connectivity index (χ0n) is 12.9. The molecule has 3 heterocycles. The van der Waals surface area contributed by atoms with E-state index in [1.807, 2.05) is 44.3 Å². The topological polar surface area (TPSA) is 62.9 Å². The number of fused-ring (bicyclic) bond motifs is 1. The van der Waals surface area contributed by atoms with Crippen molar-refractivity contribution in [3.05, 3.63) is 23.5 Å². The van der Waals surface area contributed by atoms with Gasteiger partial charge in [0, 0.05) is 30.9 Å². The van der Waals surface area contributed by atoms with Crippen LogP contribution in [0, 0.1) is 13.8 Å². The first-order valence-corrected chi connectivity index (χ1v) is 7.36. The van der Waals surface area contributed by atoms with Crippen LogP contribution in [0.5, 0.6) is 0 Å². The molecular weight excluding hydrogens is 268 g/mol. The first-order valence-electron chi connectivity index (χ1n) is 7.36. The maximum atomic E-state index is 10.2. The molecule has 1 fully saturated rings. The zero-order chi connectivity index (χ0) is 15.1. The van der Waals surface area contributed by atoms with Gasteiger partial charge < -0.3 is 14.7 Å². The van der Waals surface area contributed by atoms with Gasteiger partial charge in [0.1, 0.15) is 11.9 Å². The predicted molar refractivity (Wildman–Crippen MR) is 80.7 cm³/mol. The van der Waals surface area contributed by atoms with Crippen LogP contribution < -0.4 is 4.90 Å². The predicted octanol–water partition coefficient (Wildman–Crippen LogP) is 1.32. The lowest BCUT2D eigenvalue weighted by Crippen LogP contribution is -2.29. The summed E-state index contributed by atoms with van der Waals surface area (Å²) in [5, 5.41) is 14.7. The molecule has 1 aliphatic heterocycles. The summed E-state index contributed by atoms with van der Waals surface area (Å²) in [4.78, 5) is 6.61. The van der Waals surface area contributed by atoms with Gasteiger partial charge in [0.2, 0.25) is 0 Å². The summed E-state index contributed by atoms with van der Waals surface area (Å²) >= 11 is 0. The summed E-state index contributed by atoms with van der Waals surface area (Å²) in [6.45, 7) is 9.12. The fraction of sp³-hybridized carbons (Fsp3) is 0.600. The lowest BCUT2D eigenvalue weighted by Gasteiger charge is -2.20. The highest BCUT2D eigenvalue weighted by atomic mass is 16.5. The van der Waals surface area contributed by atoms with Gasteiger partial charge in [-0.3, -0.25) is 0 Å². The molecule has 1 saturated heterocycles. The number of aliphatic hydroxyl groups excluding tert-OH is 1. The number of aryl methyl sites for hydroxylation is 2. The molecule has 21 heavy (non-hydrogen) atoms. The summed E-state index contributed by atoms with van der Waals surface area (Å²) in [5.41, 5.74) is 2.72. The number of anilines is 1. The molecule has 0 unspecified atom stereocenters. The van der Waals surface area contributed by atoms with E-state index in [4.69, 9.17) is 4.74 Å². The van der Waals surface area contributed by atoms with E-state index in [9.17, 15) is 5.11 Å². The van der Waals surface area contributed by atoms with Gasteiger partial charge >= 0.3 is 0 Å². The second kappa shape index (κ2) is 5.27.